The predicted octanol–water partition coefficient (Wildman–Crippen LogP) is 3.69. The number of urea groups is 1. The maximum atomic E-state index is 12.6. The molecule has 1 fully saturated rings. The molecule has 0 bridgehead atoms. The van der Waals surface area contributed by atoms with Crippen LogP contribution in [0.4, 0.5) is 4.79 Å². The molecule has 1 aromatic rings. The predicted molar refractivity (Wildman–Crippen MR) is 101 cm³/mol. The van der Waals surface area contributed by atoms with Crippen molar-refractivity contribution in [3.05, 3.63) is 34.9 Å². The lowest BCUT2D eigenvalue weighted by Crippen LogP contribution is -2.50. The van der Waals surface area contributed by atoms with Crippen LogP contribution in [0, 0.1) is 5.92 Å². The summed E-state index contributed by atoms with van der Waals surface area (Å²) in [5.41, 5.74) is 0.979. The minimum Gasteiger partial charge on any atom is -0.349 e. The van der Waals surface area contributed by atoms with E-state index in [1.54, 1.807) is 4.90 Å². The molecule has 25 heavy (non-hydrogen) atoms. The Balaban J connectivity index is 1.96. The average molecular weight is 366 g/mol. The van der Waals surface area contributed by atoms with Crippen molar-refractivity contribution in [2.24, 2.45) is 5.92 Å². The second kappa shape index (κ2) is 9.09. The summed E-state index contributed by atoms with van der Waals surface area (Å²) in [5.74, 6) is -0.153. The van der Waals surface area contributed by atoms with Crippen molar-refractivity contribution in [3.63, 3.8) is 0 Å². The summed E-state index contributed by atoms with van der Waals surface area (Å²) in [5, 5.41) is 3.72. The van der Waals surface area contributed by atoms with Gasteiger partial charge in [0.15, 0.2) is 0 Å². The monoisotopic (exact) mass is 365 g/mol. The Morgan fingerprint density at radius 2 is 2.08 bits per heavy atom. The van der Waals surface area contributed by atoms with Crippen LogP contribution in [0.5, 0.6) is 0 Å². The summed E-state index contributed by atoms with van der Waals surface area (Å²) in [7, 11) is 0. The molecule has 1 N–H and O–H groups in total. The summed E-state index contributed by atoms with van der Waals surface area (Å²) in [6.07, 6.45) is 1.67. The van der Waals surface area contributed by atoms with Gasteiger partial charge >= 0.3 is 6.03 Å². The summed E-state index contributed by atoms with van der Waals surface area (Å²) in [6.45, 7) is 8.49. The molecule has 1 saturated heterocycles. The van der Waals surface area contributed by atoms with E-state index in [-0.39, 0.29) is 23.9 Å². The van der Waals surface area contributed by atoms with Crippen molar-refractivity contribution in [2.45, 2.75) is 39.7 Å². The highest BCUT2D eigenvalue weighted by Gasteiger charge is 2.30. The maximum absolute atomic E-state index is 12.6. The Morgan fingerprint density at radius 3 is 2.72 bits per heavy atom. The first-order chi connectivity index (χ1) is 12.0. The highest BCUT2D eigenvalue weighted by molar-refractivity contribution is 6.30. The van der Waals surface area contributed by atoms with Crippen LogP contribution in [0.15, 0.2) is 24.3 Å². The highest BCUT2D eigenvalue weighted by atomic mass is 35.5. The molecule has 0 radical (unpaired) electrons. The zero-order valence-electron chi connectivity index (χ0n) is 15.3. The Hall–Kier alpha value is -1.75. The second-order valence-electron chi connectivity index (χ2n) is 6.53. The highest BCUT2D eigenvalue weighted by Crippen LogP contribution is 2.21. The van der Waals surface area contributed by atoms with Gasteiger partial charge in [-0.3, -0.25) is 4.79 Å². The number of likely N-dealkylation sites (tertiary alicyclic amines) is 1. The molecule has 0 unspecified atom stereocenters. The number of rotatable bonds is 5. The standard InChI is InChI=1S/C19H28ClN3O2/c1-4-22(5-2)19(25)23-11-7-9-16(13-23)18(24)21-14(3)15-8-6-10-17(20)12-15/h6,8,10,12,14,16H,4-5,7,9,11,13H2,1-3H3,(H,21,24)/t14-,16-/m0/s1. The molecule has 1 aliphatic heterocycles. The van der Waals surface area contributed by atoms with Crippen LogP contribution in [0.25, 0.3) is 0 Å². The fourth-order valence-electron chi connectivity index (χ4n) is 3.25. The number of benzene rings is 1. The molecular formula is C19H28ClN3O2. The lowest BCUT2D eigenvalue weighted by molar-refractivity contribution is -0.127. The molecule has 3 amide bonds. The van der Waals surface area contributed by atoms with Crippen molar-refractivity contribution in [3.8, 4) is 0 Å². The number of piperidine rings is 1. The normalized spacial score (nSPS) is 18.6. The molecule has 138 valence electrons. The quantitative estimate of drug-likeness (QED) is 0.865. The third kappa shape index (κ3) is 5.11. The number of nitrogens with one attached hydrogen (secondary N) is 1. The van der Waals surface area contributed by atoms with Gasteiger partial charge in [-0.25, -0.2) is 4.79 Å². The van der Waals surface area contributed by atoms with Crippen LogP contribution in [0.1, 0.15) is 45.2 Å². The van der Waals surface area contributed by atoms with Gasteiger partial charge in [0.25, 0.3) is 0 Å². The van der Waals surface area contributed by atoms with E-state index in [9.17, 15) is 9.59 Å². The Labute approximate surface area is 155 Å². The van der Waals surface area contributed by atoms with Gasteiger partial charge in [-0.2, -0.15) is 0 Å². The molecule has 0 aromatic heterocycles. The van der Waals surface area contributed by atoms with E-state index in [0.717, 1.165) is 24.9 Å². The number of nitrogens with zero attached hydrogens (tertiary/aromatic N) is 2. The lowest BCUT2D eigenvalue weighted by Gasteiger charge is -2.35. The first kappa shape index (κ1) is 19.6. The molecule has 1 aliphatic rings. The molecule has 1 heterocycles. The Morgan fingerprint density at radius 1 is 1.36 bits per heavy atom. The van der Waals surface area contributed by atoms with Crippen LogP contribution >= 0.6 is 11.6 Å². The summed E-state index contributed by atoms with van der Waals surface area (Å²) < 4.78 is 0. The molecule has 0 spiro atoms. The van der Waals surface area contributed by atoms with Crippen molar-refractivity contribution >= 4 is 23.5 Å². The van der Waals surface area contributed by atoms with Gasteiger partial charge in [0.1, 0.15) is 0 Å². The van der Waals surface area contributed by atoms with E-state index in [2.05, 4.69) is 5.32 Å². The van der Waals surface area contributed by atoms with Crippen LogP contribution in [-0.2, 0) is 4.79 Å². The molecule has 1 aromatic carbocycles. The molecule has 0 aliphatic carbocycles. The van der Waals surface area contributed by atoms with Crippen LogP contribution in [0.2, 0.25) is 5.02 Å². The maximum Gasteiger partial charge on any atom is 0.320 e. The van der Waals surface area contributed by atoms with E-state index in [0.29, 0.717) is 24.7 Å². The van der Waals surface area contributed by atoms with E-state index < -0.39 is 0 Å². The minimum absolute atomic E-state index is 0.00419. The van der Waals surface area contributed by atoms with E-state index in [4.69, 9.17) is 11.6 Å². The number of carbonyl (C=O) groups is 2. The van der Waals surface area contributed by atoms with Gasteiger partial charge in [-0.05, 0) is 51.3 Å². The summed E-state index contributed by atoms with van der Waals surface area (Å²) in [4.78, 5) is 28.8. The van der Waals surface area contributed by atoms with Crippen molar-refractivity contribution in [1.29, 1.82) is 0 Å². The molecule has 5 nitrogen and oxygen atoms in total. The number of hydrogen-bond donors (Lipinski definition) is 1. The third-order valence-corrected chi connectivity index (χ3v) is 5.04. The van der Waals surface area contributed by atoms with Crippen LogP contribution < -0.4 is 5.32 Å². The van der Waals surface area contributed by atoms with Crippen molar-refractivity contribution in [2.75, 3.05) is 26.2 Å². The van der Waals surface area contributed by atoms with E-state index in [1.165, 1.54) is 0 Å². The first-order valence-corrected chi connectivity index (χ1v) is 9.43. The molecule has 6 heteroatoms. The number of amides is 3. The Kier molecular flexibility index (Phi) is 7.12. The molecule has 2 atom stereocenters. The molecule has 0 saturated carbocycles. The fourth-order valence-corrected chi connectivity index (χ4v) is 3.45. The van der Waals surface area contributed by atoms with E-state index >= 15 is 0 Å². The van der Waals surface area contributed by atoms with Crippen molar-refractivity contribution < 1.29 is 9.59 Å². The lowest BCUT2D eigenvalue weighted by atomic mass is 9.96. The minimum atomic E-state index is -0.158. The van der Waals surface area contributed by atoms with Gasteiger partial charge in [0, 0.05) is 31.2 Å². The van der Waals surface area contributed by atoms with E-state index in [1.807, 2.05) is 49.9 Å². The Bertz CT molecular complexity index is 604. The van der Waals surface area contributed by atoms with Gasteiger partial charge in [0.2, 0.25) is 5.91 Å². The first-order valence-electron chi connectivity index (χ1n) is 9.05. The van der Waals surface area contributed by atoms with Gasteiger partial charge in [-0.1, -0.05) is 23.7 Å². The zero-order chi connectivity index (χ0) is 18.4. The number of carbonyl (C=O) groups excluding carboxylic acids is 2. The largest absolute Gasteiger partial charge is 0.349 e. The van der Waals surface area contributed by atoms with Crippen LogP contribution in [-0.4, -0.2) is 47.9 Å². The zero-order valence-corrected chi connectivity index (χ0v) is 16.1. The SMILES string of the molecule is CCN(CC)C(=O)N1CCC[C@H](C(=O)N[C@@H](C)c2cccc(Cl)c2)C1. The van der Waals surface area contributed by atoms with Gasteiger partial charge in [-0.15, -0.1) is 0 Å². The summed E-state index contributed by atoms with van der Waals surface area (Å²) >= 11 is 6.02. The smallest absolute Gasteiger partial charge is 0.320 e. The summed E-state index contributed by atoms with van der Waals surface area (Å²) in [6, 6.07) is 7.44. The fraction of sp³-hybridized carbons (Fsp3) is 0.579. The van der Waals surface area contributed by atoms with Gasteiger partial charge in [0.05, 0.1) is 12.0 Å². The van der Waals surface area contributed by atoms with Crippen LogP contribution in [0.3, 0.4) is 0 Å². The van der Waals surface area contributed by atoms with Crippen molar-refractivity contribution in [1.82, 2.24) is 15.1 Å². The topological polar surface area (TPSA) is 52.7 Å². The third-order valence-electron chi connectivity index (χ3n) is 4.80. The number of hydrogen-bond acceptors (Lipinski definition) is 2. The second-order valence-corrected chi connectivity index (χ2v) is 6.96. The molecular weight excluding hydrogens is 338 g/mol. The average Bonchev–Trinajstić information content (AvgIpc) is 2.62. The number of halogens is 1. The van der Waals surface area contributed by atoms with Gasteiger partial charge < -0.3 is 15.1 Å². The molecule has 2 rings (SSSR count).